The molecule has 2 N–H and O–H groups in total. The predicted molar refractivity (Wildman–Crippen MR) is 105 cm³/mol. The lowest BCUT2D eigenvalue weighted by Crippen LogP contribution is -2.33. The van der Waals surface area contributed by atoms with Gasteiger partial charge >= 0.3 is 0 Å². The molecule has 27 heavy (non-hydrogen) atoms. The summed E-state index contributed by atoms with van der Waals surface area (Å²) in [6.07, 6.45) is 0.440. The van der Waals surface area contributed by atoms with Gasteiger partial charge in [-0.1, -0.05) is 30.3 Å². The van der Waals surface area contributed by atoms with Gasteiger partial charge in [0.15, 0.2) is 4.90 Å². The van der Waals surface area contributed by atoms with Crippen molar-refractivity contribution in [2.24, 2.45) is 5.73 Å². The maximum absolute atomic E-state index is 13.1. The lowest BCUT2D eigenvalue weighted by molar-refractivity contribution is -0.387. The molecule has 0 saturated heterocycles. The van der Waals surface area contributed by atoms with Gasteiger partial charge in [0.05, 0.1) is 18.1 Å². The number of nitro groups is 1. The van der Waals surface area contributed by atoms with E-state index in [1.54, 1.807) is 24.3 Å². The SMILES string of the molecule is COc1ccc(S(=O)(=O)N(CCCN)Cc2ccccc2)c([N+](=O)[O-])c1.Cl. The monoisotopic (exact) mass is 415 g/mol. The smallest absolute Gasteiger partial charge is 0.293 e. The van der Waals surface area contributed by atoms with Crippen LogP contribution in [0, 0.1) is 10.1 Å². The Hall–Kier alpha value is -2.20. The number of hydrogen-bond acceptors (Lipinski definition) is 6. The van der Waals surface area contributed by atoms with E-state index in [0.29, 0.717) is 13.0 Å². The lowest BCUT2D eigenvalue weighted by atomic mass is 10.2. The highest BCUT2D eigenvalue weighted by atomic mass is 35.5. The molecule has 2 aromatic rings. The maximum Gasteiger partial charge on any atom is 0.293 e. The zero-order chi connectivity index (χ0) is 19.2. The van der Waals surface area contributed by atoms with Crippen LogP contribution in [0.5, 0.6) is 5.75 Å². The van der Waals surface area contributed by atoms with Crippen LogP contribution in [0.2, 0.25) is 0 Å². The van der Waals surface area contributed by atoms with Crippen molar-refractivity contribution >= 4 is 28.1 Å². The molecule has 0 saturated carbocycles. The molecule has 0 heterocycles. The minimum Gasteiger partial charge on any atom is -0.497 e. The largest absolute Gasteiger partial charge is 0.497 e. The van der Waals surface area contributed by atoms with Crippen molar-refractivity contribution in [3.05, 3.63) is 64.2 Å². The predicted octanol–water partition coefficient (Wildman–Crippen LogP) is 2.56. The van der Waals surface area contributed by atoms with Crippen molar-refractivity contribution in [1.29, 1.82) is 0 Å². The summed E-state index contributed by atoms with van der Waals surface area (Å²) in [7, 11) is -2.73. The molecule has 0 amide bonds. The number of nitrogens with two attached hydrogens (primary N) is 1. The minimum absolute atomic E-state index is 0. The number of ether oxygens (including phenoxy) is 1. The summed E-state index contributed by atoms with van der Waals surface area (Å²) >= 11 is 0. The quantitative estimate of drug-likeness (QED) is 0.497. The van der Waals surface area contributed by atoms with Gasteiger partial charge in [-0.05, 0) is 30.7 Å². The molecule has 0 bridgehead atoms. The summed E-state index contributed by atoms with van der Waals surface area (Å²) in [4.78, 5) is 10.3. The van der Waals surface area contributed by atoms with Gasteiger partial charge in [-0.3, -0.25) is 10.1 Å². The third-order valence-electron chi connectivity index (χ3n) is 3.79. The topological polar surface area (TPSA) is 116 Å². The molecule has 0 aliphatic carbocycles. The molecule has 0 spiro atoms. The second kappa shape index (κ2) is 10.2. The summed E-state index contributed by atoms with van der Waals surface area (Å²) in [6, 6.07) is 12.7. The molecule has 2 rings (SSSR count). The van der Waals surface area contributed by atoms with Gasteiger partial charge in [-0.2, -0.15) is 4.31 Å². The van der Waals surface area contributed by atoms with Crippen LogP contribution in [0.3, 0.4) is 0 Å². The van der Waals surface area contributed by atoms with Gasteiger partial charge in [-0.25, -0.2) is 8.42 Å². The number of sulfonamides is 1. The van der Waals surface area contributed by atoms with Crippen molar-refractivity contribution in [1.82, 2.24) is 4.31 Å². The number of hydrogen-bond donors (Lipinski definition) is 1. The van der Waals surface area contributed by atoms with Gasteiger partial charge < -0.3 is 10.5 Å². The van der Waals surface area contributed by atoms with Crippen molar-refractivity contribution in [3.8, 4) is 5.75 Å². The van der Waals surface area contributed by atoms with Gasteiger partial charge in [0.2, 0.25) is 10.0 Å². The number of halogens is 1. The van der Waals surface area contributed by atoms with Crippen LogP contribution < -0.4 is 10.5 Å². The van der Waals surface area contributed by atoms with Crippen LogP contribution in [0.25, 0.3) is 0 Å². The Morgan fingerprint density at radius 3 is 2.41 bits per heavy atom. The van der Waals surface area contributed by atoms with Gasteiger partial charge in [0.1, 0.15) is 5.75 Å². The first-order chi connectivity index (χ1) is 12.4. The third kappa shape index (κ3) is 5.64. The van der Waals surface area contributed by atoms with Crippen LogP contribution in [-0.2, 0) is 16.6 Å². The molecule has 0 atom stereocenters. The molecule has 0 aliphatic heterocycles. The van der Waals surface area contributed by atoms with Crippen LogP contribution in [0.4, 0.5) is 5.69 Å². The molecule has 10 heteroatoms. The van der Waals surface area contributed by atoms with E-state index < -0.39 is 20.6 Å². The second-order valence-electron chi connectivity index (χ2n) is 5.56. The molecule has 0 aliphatic rings. The van der Waals surface area contributed by atoms with Crippen molar-refractivity contribution < 1.29 is 18.1 Å². The van der Waals surface area contributed by atoms with Crippen LogP contribution in [-0.4, -0.2) is 37.8 Å². The molecule has 0 fully saturated rings. The van der Waals surface area contributed by atoms with E-state index in [0.717, 1.165) is 11.6 Å². The molecule has 148 valence electrons. The Morgan fingerprint density at radius 2 is 1.85 bits per heavy atom. The number of nitrogens with zero attached hydrogens (tertiary/aromatic N) is 2. The molecule has 2 aromatic carbocycles. The summed E-state index contributed by atoms with van der Waals surface area (Å²) in [6.45, 7) is 0.578. The van der Waals surface area contributed by atoms with Crippen LogP contribution in [0.15, 0.2) is 53.4 Å². The van der Waals surface area contributed by atoms with Gasteiger partial charge in [-0.15, -0.1) is 12.4 Å². The second-order valence-corrected chi connectivity index (χ2v) is 7.46. The first-order valence-electron chi connectivity index (χ1n) is 7.96. The fraction of sp³-hybridized carbons (Fsp3) is 0.294. The molecular formula is C17H22ClN3O5S. The fourth-order valence-corrected chi connectivity index (χ4v) is 4.07. The Morgan fingerprint density at radius 1 is 1.19 bits per heavy atom. The molecule has 8 nitrogen and oxygen atoms in total. The van der Waals surface area contributed by atoms with Crippen molar-refractivity contribution in [2.45, 2.75) is 17.9 Å². The first kappa shape index (κ1) is 22.8. The van der Waals surface area contributed by atoms with Crippen molar-refractivity contribution in [2.75, 3.05) is 20.2 Å². The third-order valence-corrected chi connectivity index (χ3v) is 5.69. The Kier molecular flexibility index (Phi) is 8.64. The zero-order valence-corrected chi connectivity index (χ0v) is 16.4. The normalized spacial score (nSPS) is 11.1. The molecular weight excluding hydrogens is 394 g/mol. The average molecular weight is 416 g/mol. The minimum atomic E-state index is -4.09. The highest BCUT2D eigenvalue weighted by Gasteiger charge is 2.32. The molecule has 0 unspecified atom stereocenters. The van der Waals surface area contributed by atoms with E-state index in [9.17, 15) is 18.5 Å². The van der Waals surface area contributed by atoms with Crippen LogP contribution >= 0.6 is 12.4 Å². The Labute approximate surface area is 164 Å². The molecule has 0 aromatic heterocycles. The number of rotatable bonds is 9. The number of benzene rings is 2. The summed E-state index contributed by atoms with van der Waals surface area (Å²) in [5.74, 6) is 0.215. The summed E-state index contributed by atoms with van der Waals surface area (Å²) in [5.41, 5.74) is 5.79. The van der Waals surface area contributed by atoms with E-state index in [1.165, 1.54) is 23.5 Å². The van der Waals surface area contributed by atoms with Gasteiger partial charge in [0.25, 0.3) is 5.69 Å². The maximum atomic E-state index is 13.1. The standard InChI is InChI=1S/C17H21N3O5S.ClH/c1-25-15-8-9-17(16(12-15)20(21)22)26(23,24)19(11-5-10-18)13-14-6-3-2-4-7-14;/h2-4,6-9,12H,5,10-11,13,18H2,1H3;1H. The van der Waals surface area contributed by atoms with E-state index in [4.69, 9.17) is 10.5 Å². The van der Waals surface area contributed by atoms with Crippen molar-refractivity contribution in [3.63, 3.8) is 0 Å². The van der Waals surface area contributed by atoms with E-state index in [2.05, 4.69) is 0 Å². The number of methoxy groups -OCH3 is 1. The van der Waals surface area contributed by atoms with E-state index in [1.807, 2.05) is 6.07 Å². The van der Waals surface area contributed by atoms with E-state index in [-0.39, 0.29) is 36.1 Å². The first-order valence-corrected chi connectivity index (χ1v) is 9.40. The Balaban J connectivity index is 0.00000364. The Bertz CT molecular complexity index is 862. The summed E-state index contributed by atoms with van der Waals surface area (Å²) in [5, 5.41) is 11.4. The lowest BCUT2D eigenvalue weighted by Gasteiger charge is -2.22. The molecule has 0 radical (unpaired) electrons. The average Bonchev–Trinajstić information content (AvgIpc) is 2.65. The fourth-order valence-electron chi connectivity index (χ4n) is 2.46. The summed E-state index contributed by atoms with van der Waals surface area (Å²) < 4.78 is 32.4. The highest BCUT2D eigenvalue weighted by Crippen LogP contribution is 2.31. The van der Waals surface area contributed by atoms with Crippen LogP contribution in [0.1, 0.15) is 12.0 Å². The highest BCUT2D eigenvalue weighted by molar-refractivity contribution is 7.89. The zero-order valence-electron chi connectivity index (χ0n) is 14.8. The van der Waals surface area contributed by atoms with E-state index >= 15 is 0 Å². The number of nitro benzene ring substituents is 1. The van der Waals surface area contributed by atoms with Gasteiger partial charge in [0, 0.05) is 13.1 Å².